The number of piperazine rings is 1. The number of aromatic nitrogens is 1. The van der Waals surface area contributed by atoms with E-state index in [4.69, 9.17) is 4.42 Å². The Hall–Kier alpha value is -2.80. The van der Waals surface area contributed by atoms with E-state index in [0.29, 0.717) is 22.8 Å². The molecule has 1 aliphatic rings. The number of benzene rings is 2. The van der Waals surface area contributed by atoms with Gasteiger partial charge in [0.1, 0.15) is 11.6 Å². The van der Waals surface area contributed by atoms with Crippen molar-refractivity contribution in [1.29, 1.82) is 0 Å². The van der Waals surface area contributed by atoms with Gasteiger partial charge in [0.25, 0.3) is 0 Å². The third kappa shape index (κ3) is 5.10. The average molecular weight is 440 g/mol. The quantitative estimate of drug-likeness (QED) is 0.558. The maximum absolute atomic E-state index is 14.0. The summed E-state index contributed by atoms with van der Waals surface area (Å²) >= 11 is 1.51. The van der Waals surface area contributed by atoms with E-state index >= 15 is 0 Å². The number of hydrogen-bond donors (Lipinski definition) is 0. The summed E-state index contributed by atoms with van der Waals surface area (Å²) in [7, 11) is 0. The predicted octanol–water partition coefficient (Wildman–Crippen LogP) is 4.68. The molecule has 0 atom stereocenters. The first-order chi connectivity index (χ1) is 15.0. The highest BCUT2D eigenvalue weighted by molar-refractivity contribution is 7.99. The maximum Gasteiger partial charge on any atom is 0.232 e. The summed E-state index contributed by atoms with van der Waals surface area (Å²) in [5, 5.41) is 0. The number of rotatable bonds is 6. The SMILES string of the molecule is Cc1ccc(N2CCN(C(=O)CSCc3nc(-c4ccccc4F)oc3C)CC2)cc1. The van der Waals surface area contributed by atoms with Crippen LogP contribution in [0.15, 0.2) is 52.9 Å². The summed E-state index contributed by atoms with van der Waals surface area (Å²) in [5.74, 6) is 1.67. The molecular formula is C24H26FN3O2S. The Kier molecular flexibility index (Phi) is 6.61. The summed E-state index contributed by atoms with van der Waals surface area (Å²) in [4.78, 5) is 21.3. The van der Waals surface area contributed by atoms with E-state index in [1.807, 2.05) is 11.8 Å². The van der Waals surface area contributed by atoms with Gasteiger partial charge in [-0.2, -0.15) is 0 Å². The molecule has 2 aromatic carbocycles. The maximum atomic E-state index is 14.0. The van der Waals surface area contributed by atoms with Crippen LogP contribution in [0, 0.1) is 19.7 Å². The second kappa shape index (κ2) is 9.56. The van der Waals surface area contributed by atoms with Crippen molar-refractivity contribution in [2.75, 3.05) is 36.8 Å². The van der Waals surface area contributed by atoms with Crippen LogP contribution < -0.4 is 4.90 Å². The number of anilines is 1. The molecule has 1 aliphatic heterocycles. The highest BCUT2D eigenvalue weighted by Gasteiger charge is 2.21. The molecule has 1 saturated heterocycles. The number of amides is 1. The van der Waals surface area contributed by atoms with Gasteiger partial charge in [-0.3, -0.25) is 4.79 Å². The molecule has 2 heterocycles. The van der Waals surface area contributed by atoms with Crippen LogP contribution in [0.5, 0.6) is 0 Å². The summed E-state index contributed by atoms with van der Waals surface area (Å²) in [6.07, 6.45) is 0. The zero-order valence-corrected chi connectivity index (χ0v) is 18.6. The Morgan fingerprint density at radius 3 is 2.48 bits per heavy atom. The van der Waals surface area contributed by atoms with E-state index in [1.54, 1.807) is 18.2 Å². The molecular weight excluding hydrogens is 413 g/mol. The normalized spacial score (nSPS) is 14.2. The largest absolute Gasteiger partial charge is 0.441 e. The third-order valence-electron chi connectivity index (χ3n) is 5.49. The highest BCUT2D eigenvalue weighted by atomic mass is 32.2. The Balaban J connectivity index is 1.26. The van der Waals surface area contributed by atoms with Gasteiger partial charge in [-0.15, -0.1) is 11.8 Å². The Bertz CT molecular complexity index is 1040. The van der Waals surface area contributed by atoms with Crippen molar-refractivity contribution in [2.24, 2.45) is 0 Å². The van der Waals surface area contributed by atoms with Crippen molar-refractivity contribution < 1.29 is 13.6 Å². The summed E-state index contributed by atoms with van der Waals surface area (Å²) in [6, 6.07) is 14.9. The van der Waals surface area contributed by atoms with Crippen LogP contribution in [-0.2, 0) is 10.5 Å². The minimum absolute atomic E-state index is 0.143. The molecule has 0 bridgehead atoms. The Labute approximate surface area is 186 Å². The molecule has 4 rings (SSSR count). The van der Waals surface area contributed by atoms with E-state index in [9.17, 15) is 9.18 Å². The van der Waals surface area contributed by atoms with Crippen LogP contribution >= 0.6 is 11.8 Å². The standard InChI is InChI=1S/C24H26FN3O2S/c1-17-7-9-19(10-8-17)27-11-13-28(14-12-27)23(29)16-31-15-22-18(2)30-24(26-22)20-5-3-4-6-21(20)25/h3-10H,11-16H2,1-2H3. The lowest BCUT2D eigenvalue weighted by molar-refractivity contribution is -0.128. The van der Waals surface area contributed by atoms with Crippen LogP contribution in [0.3, 0.4) is 0 Å². The third-order valence-corrected chi connectivity index (χ3v) is 6.42. The van der Waals surface area contributed by atoms with Crippen molar-refractivity contribution in [1.82, 2.24) is 9.88 Å². The molecule has 1 fully saturated rings. The van der Waals surface area contributed by atoms with Crippen molar-refractivity contribution >= 4 is 23.4 Å². The molecule has 1 amide bonds. The van der Waals surface area contributed by atoms with Crippen molar-refractivity contribution in [3.05, 3.63) is 71.4 Å². The van der Waals surface area contributed by atoms with E-state index in [-0.39, 0.29) is 17.6 Å². The van der Waals surface area contributed by atoms with Gasteiger partial charge in [-0.25, -0.2) is 9.37 Å². The number of oxazole rings is 1. The number of hydrogen-bond acceptors (Lipinski definition) is 5. The zero-order chi connectivity index (χ0) is 21.8. The monoisotopic (exact) mass is 439 g/mol. The molecule has 0 radical (unpaired) electrons. The minimum atomic E-state index is -0.358. The number of aryl methyl sites for hydroxylation is 2. The second-order valence-electron chi connectivity index (χ2n) is 7.70. The van der Waals surface area contributed by atoms with Gasteiger partial charge in [0.15, 0.2) is 0 Å². The zero-order valence-electron chi connectivity index (χ0n) is 17.8. The minimum Gasteiger partial charge on any atom is -0.441 e. The van der Waals surface area contributed by atoms with Gasteiger partial charge in [0, 0.05) is 37.6 Å². The van der Waals surface area contributed by atoms with Gasteiger partial charge in [0.2, 0.25) is 11.8 Å². The van der Waals surface area contributed by atoms with Crippen LogP contribution in [0.2, 0.25) is 0 Å². The lowest BCUT2D eigenvalue weighted by Crippen LogP contribution is -2.49. The van der Waals surface area contributed by atoms with E-state index < -0.39 is 0 Å². The van der Waals surface area contributed by atoms with Crippen LogP contribution in [0.25, 0.3) is 11.5 Å². The molecule has 0 saturated carbocycles. The van der Waals surface area contributed by atoms with Crippen LogP contribution in [0.4, 0.5) is 10.1 Å². The Morgan fingerprint density at radius 1 is 1.06 bits per heavy atom. The van der Waals surface area contributed by atoms with Gasteiger partial charge >= 0.3 is 0 Å². The summed E-state index contributed by atoms with van der Waals surface area (Å²) in [5.41, 5.74) is 3.56. The molecule has 0 unspecified atom stereocenters. The molecule has 1 aromatic heterocycles. The lowest BCUT2D eigenvalue weighted by Gasteiger charge is -2.36. The van der Waals surface area contributed by atoms with E-state index in [1.165, 1.54) is 29.1 Å². The summed E-state index contributed by atoms with van der Waals surface area (Å²) < 4.78 is 19.6. The molecule has 31 heavy (non-hydrogen) atoms. The van der Waals surface area contributed by atoms with Gasteiger partial charge in [-0.05, 0) is 38.1 Å². The highest BCUT2D eigenvalue weighted by Crippen LogP contribution is 2.26. The van der Waals surface area contributed by atoms with Crippen LogP contribution in [0.1, 0.15) is 17.0 Å². The average Bonchev–Trinajstić information content (AvgIpc) is 3.15. The summed E-state index contributed by atoms with van der Waals surface area (Å²) in [6.45, 7) is 7.04. The predicted molar refractivity (Wildman–Crippen MR) is 123 cm³/mol. The first kappa shape index (κ1) is 21.4. The number of nitrogens with zero attached hydrogens (tertiary/aromatic N) is 3. The number of carbonyl (C=O) groups is 1. The molecule has 0 spiro atoms. The smallest absolute Gasteiger partial charge is 0.232 e. The fourth-order valence-corrected chi connectivity index (χ4v) is 4.53. The fraction of sp³-hybridized carbons (Fsp3) is 0.333. The van der Waals surface area contributed by atoms with Crippen LogP contribution in [-0.4, -0.2) is 47.7 Å². The number of carbonyl (C=O) groups excluding carboxylic acids is 1. The molecule has 5 nitrogen and oxygen atoms in total. The number of thioether (sulfide) groups is 1. The lowest BCUT2D eigenvalue weighted by atomic mass is 10.2. The molecule has 0 N–H and O–H groups in total. The molecule has 3 aromatic rings. The molecule has 0 aliphatic carbocycles. The molecule has 162 valence electrons. The first-order valence-electron chi connectivity index (χ1n) is 10.4. The van der Waals surface area contributed by atoms with Gasteiger partial charge in [-0.1, -0.05) is 29.8 Å². The van der Waals surface area contributed by atoms with E-state index in [0.717, 1.165) is 31.9 Å². The van der Waals surface area contributed by atoms with Crippen molar-refractivity contribution in [3.63, 3.8) is 0 Å². The number of halogens is 1. The van der Waals surface area contributed by atoms with E-state index in [2.05, 4.69) is 41.1 Å². The first-order valence-corrected chi connectivity index (χ1v) is 11.5. The van der Waals surface area contributed by atoms with Crippen molar-refractivity contribution in [3.8, 4) is 11.5 Å². The van der Waals surface area contributed by atoms with Gasteiger partial charge in [0.05, 0.1) is 17.0 Å². The fourth-order valence-electron chi connectivity index (χ4n) is 3.61. The van der Waals surface area contributed by atoms with Gasteiger partial charge < -0.3 is 14.2 Å². The molecule has 7 heteroatoms. The topological polar surface area (TPSA) is 49.6 Å². The van der Waals surface area contributed by atoms with Crippen molar-refractivity contribution in [2.45, 2.75) is 19.6 Å². The Morgan fingerprint density at radius 2 is 1.77 bits per heavy atom. The second-order valence-corrected chi connectivity index (χ2v) is 8.68.